The van der Waals surface area contributed by atoms with Crippen LogP contribution < -0.4 is 4.90 Å². The Balaban J connectivity index is 2.16. The number of aryl methyl sites for hydroxylation is 1. The van der Waals surface area contributed by atoms with Crippen molar-refractivity contribution in [3.8, 4) is 0 Å². The number of hydrogen-bond donors (Lipinski definition) is 1. The van der Waals surface area contributed by atoms with Gasteiger partial charge in [-0.15, -0.1) is 0 Å². The zero-order chi connectivity index (χ0) is 17.4. The van der Waals surface area contributed by atoms with Crippen LogP contribution in [-0.2, 0) is 9.59 Å². The van der Waals surface area contributed by atoms with Gasteiger partial charge in [-0.2, -0.15) is 0 Å². The minimum absolute atomic E-state index is 0.131. The molecule has 2 aromatic carbocycles. The van der Waals surface area contributed by atoms with Crippen LogP contribution in [0.1, 0.15) is 24.1 Å². The van der Waals surface area contributed by atoms with Crippen molar-refractivity contribution in [1.29, 1.82) is 0 Å². The summed E-state index contributed by atoms with van der Waals surface area (Å²) in [7, 11) is 0. The number of rotatable bonds is 3. The van der Waals surface area contributed by atoms with Gasteiger partial charge in [0.25, 0.3) is 5.91 Å². The number of anilines is 1. The normalized spacial score (nSPS) is 17.5. The Kier molecular flexibility index (Phi) is 4.28. The van der Waals surface area contributed by atoms with E-state index < -0.39 is 17.7 Å². The van der Waals surface area contributed by atoms with E-state index in [9.17, 15) is 14.7 Å². The predicted molar refractivity (Wildman–Crippen MR) is 95.9 cm³/mol. The fourth-order valence-corrected chi connectivity index (χ4v) is 3.16. The molecule has 1 aliphatic heterocycles. The van der Waals surface area contributed by atoms with Crippen LogP contribution in [0.15, 0.2) is 64.3 Å². The van der Waals surface area contributed by atoms with Crippen LogP contribution >= 0.6 is 15.9 Å². The maximum Gasteiger partial charge on any atom is 0.294 e. The molecule has 0 aromatic heterocycles. The lowest BCUT2D eigenvalue weighted by molar-refractivity contribution is -0.117. The number of Topliss-reactive ketones (excluding diaryl/α,β-unsaturated/α-hetero) is 1. The van der Waals surface area contributed by atoms with E-state index >= 15 is 0 Å². The van der Waals surface area contributed by atoms with Gasteiger partial charge >= 0.3 is 0 Å². The average Bonchev–Trinajstić information content (AvgIpc) is 2.81. The van der Waals surface area contributed by atoms with Gasteiger partial charge in [0.2, 0.25) is 0 Å². The van der Waals surface area contributed by atoms with Crippen molar-refractivity contribution in [2.75, 3.05) is 4.90 Å². The highest BCUT2D eigenvalue weighted by Gasteiger charge is 2.43. The van der Waals surface area contributed by atoms with Gasteiger partial charge in [-0.3, -0.25) is 14.5 Å². The van der Waals surface area contributed by atoms with Crippen LogP contribution in [0.2, 0.25) is 0 Å². The average molecular weight is 386 g/mol. The molecule has 1 amide bonds. The highest BCUT2D eigenvalue weighted by atomic mass is 79.9. The molecule has 0 aliphatic carbocycles. The van der Waals surface area contributed by atoms with Crippen LogP contribution in [0, 0.1) is 6.92 Å². The highest BCUT2D eigenvalue weighted by Crippen LogP contribution is 2.41. The monoisotopic (exact) mass is 385 g/mol. The van der Waals surface area contributed by atoms with Crippen molar-refractivity contribution in [3.05, 3.63) is 75.5 Å². The lowest BCUT2D eigenvalue weighted by Crippen LogP contribution is -2.30. The largest absolute Gasteiger partial charge is 0.503 e. The Morgan fingerprint density at radius 3 is 2.21 bits per heavy atom. The first-order valence-electron chi connectivity index (χ1n) is 7.50. The molecule has 3 rings (SSSR count). The van der Waals surface area contributed by atoms with Crippen LogP contribution in [-0.4, -0.2) is 16.8 Å². The van der Waals surface area contributed by atoms with E-state index in [4.69, 9.17) is 0 Å². The number of carbonyl (C=O) groups is 2. The second-order valence-electron chi connectivity index (χ2n) is 5.78. The fraction of sp³-hybridized carbons (Fsp3) is 0.158. The number of carbonyl (C=O) groups excluding carboxylic acids is 2. The summed E-state index contributed by atoms with van der Waals surface area (Å²) in [6, 6.07) is 14.2. The van der Waals surface area contributed by atoms with Crippen molar-refractivity contribution >= 4 is 33.3 Å². The minimum Gasteiger partial charge on any atom is -0.503 e. The van der Waals surface area contributed by atoms with Gasteiger partial charge in [-0.25, -0.2) is 0 Å². The van der Waals surface area contributed by atoms with Crippen molar-refractivity contribution in [1.82, 2.24) is 0 Å². The second kappa shape index (κ2) is 6.24. The molecule has 0 saturated carbocycles. The molecule has 1 heterocycles. The molecule has 2 aromatic rings. The van der Waals surface area contributed by atoms with E-state index in [1.165, 1.54) is 11.8 Å². The van der Waals surface area contributed by atoms with Gasteiger partial charge in [-0.1, -0.05) is 45.8 Å². The van der Waals surface area contributed by atoms with Crippen LogP contribution in [0.25, 0.3) is 0 Å². The van der Waals surface area contributed by atoms with Gasteiger partial charge < -0.3 is 5.11 Å². The van der Waals surface area contributed by atoms with Gasteiger partial charge in [-0.05, 0) is 43.7 Å². The Morgan fingerprint density at radius 1 is 1.08 bits per heavy atom. The molecule has 0 radical (unpaired) electrons. The molecule has 122 valence electrons. The summed E-state index contributed by atoms with van der Waals surface area (Å²) in [5.74, 6) is -1.35. The molecule has 0 spiro atoms. The number of nitrogens with zero attached hydrogens (tertiary/aromatic N) is 1. The van der Waals surface area contributed by atoms with E-state index in [1.807, 2.05) is 43.3 Å². The number of ketones is 1. The molecular formula is C19H16BrNO3. The van der Waals surface area contributed by atoms with Crippen molar-refractivity contribution in [2.24, 2.45) is 0 Å². The van der Waals surface area contributed by atoms with Crippen molar-refractivity contribution in [2.45, 2.75) is 19.9 Å². The Morgan fingerprint density at radius 2 is 1.67 bits per heavy atom. The van der Waals surface area contributed by atoms with Crippen LogP contribution in [0.4, 0.5) is 5.69 Å². The fourth-order valence-electron chi connectivity index (χ4n) is 2.90. The number of hydrogen-bond acceptors (Lipinski definition) is 3. The SMILES string of the molecule is CC(=O)C1=C(O)C(=O)N(c2ccc(Br)cc2)C1c1ccc(C)cc1. The van der Waals surface area contributed by atoms with E-state index in [2.05, 4.69) is 15.9 Å². The molecule has 0 saturated heterocycles. The summed E-state index contributed by atoms with van der Waals surface area (Å²) in [6.07, 6.45) is 0. The van der Waals surface area contributed by atoms with E-state index in [0.29, 0.717) is 5.69 Å². The molecule has 1 aliphatic rings. The summed E-state index contributed by atoms with van der Waals surface area (Å²) in [4.78, 5) is 26.2. The summed E-state index contributed by atoms with van der Waals surface area (Å²) in [5, 5.41) is 10.3. The quantitative estimate of drug-likeness (QED) is 0.858. The molecule has 1 atom stereocenters. The first-order chi connectivity index (χ1) is 11.4. The van der Waals surface area contributed by atoms with Crippen molar-refractivity contribution in [3.63, 3.8) is 0 Å². The smallest absolute Gasteiger partial charge is 0.294 e. The second-order valence-corrected chi connectivity index (χ2v) is 6.70. The summed E-state index contributed by atoms with van der Waals surface area (Å²) < 4.78 is 0.883. The molecule has 24 heavy (non-hydrogen) atoms. The standard InChI is InChI=1S/C19H16BrNO3/c1-11-3-5-13(6-4-11)17-16(12(2)22)18(23)19(24)21(17)15-9-7-14(20)8-10-15/h3-10,17,23H,1-2H3. The minimum atomic E-state index is -0.628. The van der Waals surface area contributed by atoms with Gasteiger partial charge in [0.05, 0.1) is 11.6 Å². The van der Waals surface area contributed by atoms with Gasteiger partial charge in [0.15, 0.2) is 11.5 Å². The first-order valence-corrected chi connectivity index (χ1v) is 8.29. The molecule has 0 fully saturated rings. The highest BCUT2D eigenvalue weighted by molar-refractivity contribution is 9.10. The lowest BCUT2D eigenvalue weighted by Gasteiger charge is -2.26. The van der Waals surface area contributed by atoms with Crippen LogP contribution in [0.3, 0.4) is 0 Å². The summed E-state index contributed by atoms with van der Waals surface area (Å²) in [5.41, 5.74) is 2.62. The zero-order valence-electron chi connectivity index (χ0n) is 13.3. The lowest BCUT2D eigenvalue weighted by atomic mass is 9.96. The third-order valence-corrected chi connectivity index (χ3v) is 4.61. The van der Waals surface area contributed by atoms with Crippen molar-refractivity contribution < 1.29 is 14.7 Å². The molecule has 1 unspecified atom stereocenters. The van der Waals surface area contributed by atoms with E-state index in [0.717, 1.165) is 15.6 Å². The maximum atomic E-state index is 12.6. The van der Waals surface area contributed by atoms with Gasteiger partial charge in [0, 0.05) is 10.2 Å². The van der Waals surface area contributed by atoms with E-state index in [1.54, 1.807) is 12.1 Å². The third-order valence-electron chi connectivity index (χ3n) is 4.09. The molecule has 4 nitrogen and oxygen atoms in total. The molecule has 0 bridgehead atoms. The number of aliphatic hydroxyl groups excluding tert-OH is 1. The zero-order valence-corrected chi connectivity index (χ0v) is 14.9. The Labute approximate surface area is 148 Å². The number of benzene rings is 2. The third kappa shape index (κ3) is 2.76. The molecule has 5 heteroatoms. The van der Waals surface area contributed by atoms with E-state index in [-0.39, 0.29) is 11.4 Å². The summed E-state index contributed by atoms with van der Waals surface area (Å²) >= 11 is 3.37. The molecule has 1 N–H and O–H groups in total. The first kappa shape index (κ1) is 16.5. The topological polar surface area (TPSA) is 57.6 Å². The molecular weight excluding hydrogens is 370 g/mol. The Hall–Kier alpha value is -2.40. The van der Waals surface area contributed by atoms with Crippen LogP contribution in [0.5, 0.6) is 0 Å². The summed E-state index contributed by atoms with van der Waals surface area (Å²) in [6.45, 7) is 3.33. The number of amides is 1. The maximum absolute atomic E-state index is 12.6. The van der Waals surface area contributed by atoms with Gasteiger partial charge in [0.1, 0.15) is 0 Å². The Bertz CT molecular complexity index is 838. The number of halogens is 1. The number of aliphatic hydroxyl groups is 1. The predicted octanol–water partition coefficient (Wildman–Crippen LogP) is 4.25.